The number of carbonyl (C=O) groups excluding carboxylic acids is 2. The molecule has 4 nitrogen and oxygen atoms in total. The molecule has 2 aliphatic rings. The Kier molecular flexibility index (Phi) is 11.7. The van der Waals surface area contributed by atoms with Crippen LogP contribution in [0.4, 0.5) is 5.69 Å². The molecule has 1 aliphatic heterocycles. The molecule has 1 heterocycles. The topological polar surface area (TPSA) is 55.4 Å². The molecule has 4 rings (SSSR count). The van der Waals surface area contributed by atoms with E-state index in [-0.39, 0.29) is 11.9 Å². The van der Waals surface area contributed by atoms with Crippen molar-refractivity contribution in [2.75, 3.05) is 5.32 Å². The van der Waals surface area contributed by atoms with Gasteiger partial charge in [-0.3, -0.25) is 4.79 Å². The fourth-order valence-corrected chi connectivity index (χ4v) is 4.97. The smallest absolute Gasteiger partial charge is 0.339 e. The third-order valence-electron chi connectivity index (χ3n) is 6.44. The number of halogens is 1. The highest BCUT2D eigenvalue weighted by Crippen LogP contribution is 2.43. The second kappa shape index (κ2) is 14.2. The Hall–Kier alpha value is -2.59. The number of unbranched alkanes of at least 4 members (excludes halogenated alkanes) is 1. The highest BCUT2D eigenvalue weighted by atomic mass is 35.5. The summed E-state index contributed by atoms with van der Waals surface area (Å²) in [6.07, 6.45) is 9.55. The van der Waals surface area contributed by atoms with Crippen molar-refractivity contribution in [2.24, 2.45) is 0 Å². The monoisotopic (exact) mass is 511 g/mol. The van der Waals surface area contributed by atoms with Gasteiger partial charge < -0.3 is 10.1 Å². The van der Waals surface area contributed by atoms with E-state index in [1.54, 1.807) is 0 Å². The predicted molar refractivity (Wildman–Crippen MR) is 152 cm³/mol. The lowest BCUT2D eigenvalue weighted by molar-refractivity contribution is -0.146. The molecule has 1 N–H and O–H groups in total. The number of esters is 1. The lowest BCUT2D eigenvalue weighted by Crippen LogP contribution is -2.30. The zero-order valence-corrected chi connectivity index (χ0v) is 23.6. The van der Waals surface area contributed by atoms with Crippen LogP contribution in [0, 0.1) is 6.92 Å². The van der Waals surface area contributed by atoms with Gasteiger partial charge in [-0.1, -0.05) is 71.2 Å². The van der Waals surface area contributed by atoms with Gasteiger partial charge in [-0.2, -0.15) is 0 Å². The number of aryl methyl sites for hydroxylation is 1. The Morgan fingerprint density at radius 2 is 1.72 bits per heavy atom. The van der Waals surface area contributed by atoms with Gasteiger partial charge in [0.15, 0.2) is 0 Å². The van der Waals surface area contributed by atoms with Crippen LogP contribution < -0.4 is 5.32 Å². The number of amides is 1. The van der Waals surface area contributed by atoms with Crippen LogP contribution in [-0.2, 0) is 14.3 Å². The summed E-state index contributed by atoms with van der Waals surface area (Å²) in [5, 5.41) is 3.53. The molecule has 1 amide bonds. The maximum Gasteiger partial charge on any atom is 0.339 e. The standard InChI is InChI=1S/C27H30ClNO3.2C2H6/c1-3-4-11-25(30)29-20-10-8-9-19(15-20)22-14-18(2)21(16-24(22)28)23-17-27(32-26(23)31)12-6-5-7-13-27;2*1-2/h8-10,14-17H,3-7,11-13H2,1-2H3,(H,29,30);2*1-2H3. The van der Waals surface area contributed by atoms with Crippen LogP contribution in [-0.4, -0.2) is 17.5 Å². The molecular formula is C31H42ClNO3. The largest absolute Gasteiger partial charge is 0.451 e. The fraction of sp³-hybridized carbons (Fsp3) is 0.484. The highest BCUT2D eigenvalue weighted by molar-refractivity contribution is 6.34. The van der Waals surface area contributed by atoms with Gasteiger partial charge in [-0.25, -0.2) is 4.79 Å². The summed E-state index contributed by atoms with van der Waals surface area (Å²) in [6, 6.07) is 11.6. The predicted octanol–water partition coefficient (Wildman–Crippen LogP) is 9.14. The van der Waals surface area contributed by atoms with E-state index in [2.05, 4.69) is 12.2 Å². The zero-order chi connectivity index (χ0) is 26.7. The van der Waals surface area contributed by atoms with E-state index >= 15 is 0 Å². The highest BCUT2D eigenvalue weighted by Gasteiger charge is 2.41. The van der Waals surface area contributed by atoms with Gasteiger partial charge in [-0.15, -0.1) is 0 Å². The molecule has 0 unspecified atom stereocenters. The quantitative estimate of drug-likeness (QED) is 0.393. The minimum atomic E-state index is -0.438. The summed E-state index contributed by atoms with van der Waals surface area (Å²) in [5.41, 5.74) is 4.53. The molecule has 2 aromatic carbocycles. The van der Waals surface area contributed by atoms with Crippen molar-refractivity contribution in [3.8, 4) is 11.1 Å². The zero-order valence-electron chi connectivity index (χ0n) is 22.8. The van der Waals surface area contributed by atoms with E-state index in [1.807, 2.05) is 77.1 Å². The van der Waals surface area contributed by atoms with E-state index in [1.165, 1.54) is 6.42 Å². The van der Waals surface area contributed by atoms with Gasteiger partial charge in [0, 0.05) is 22.7 Å². The molecular weight excluding hydrogens is 470 g/mol. The summed E-state index contributed by atoms with van der Waals surface area (Å²) < 4.78 is 5.83. The van der Waals surface area contributed by atoms with Gasteiger partial charge >= 0.3 is 5.97 Å². The number of benzene rings is 2. The molecule has 0 aromatic heterocycles. The van der Waals surface area contributed by atoms with Gasteiger partial charge in [-0.05, 0) is 86.1 Å². The Balaban J connectivity index is 0.00000109. The van der Waals surface area contributed by atoms with Crippen LogP contribution >= 0.6 is 11.6 Å². The first-order valence-electron chi connectivity index (χ1n) is 13.6. The molecule has 1 aliphatic carbocycles. The van der Waals surface area contributed by atoms with Crippen molar-refractivity contribution in [1.29, 1.82) is 0 Å². The van der Waals surface area contributed by atoms with Crippen LogP contribution in [0.3, 0.4) is 0 Å². The minimum absolute atomic E-state index is 0.0185. The van der Waals surface area contributed by atoms with Crippen LogP contribution in [0.15, 0.2) is 42.5 Å². The van der Waals surface area contributed by atoms with Crippen molar-refractivity contribution in [3.63, 3.8) is 0 Å². The molecule has 2 aromatic rings. The average Bonchev–Trinajstić information content (AvgIpc) is 3.21. The number of ether oxygens (including phenoxy) is 1. The Morgan fingerprint density at radius 1 is 1.03 bits per heavy atom. The molecule has 196 valence electrons. The molecule has 0 bridgehead atoms. The van der Waals surface area contributed by atoms with E-state index < -0.39 is 5.60 Å². The molecule has 0 saturated heterocycles. The number of rotatable bonds is 6. The van der Waals surface area contributed by atoms with Crippen molar-refractivity contribution < 1.29 is 14.3 Å². The molecule has 36 heavy (non-hydrogen) atoms. The second-order valence-electron chi connectivity index (χ2n) is 8.95. The maximum absolute atomic E-state index is 12.7. The Labute approximate surface area is 222 Å². The van der Waals surface area contributed by atoms with Crippen molar-refractivity contribution in [3.05, 3.63) is 58.6 Å². The van der Waals surface area contributed by atoms with E-state index in [0.29, 0.717) is 17.0 Å². The van der Waals surface area contributed by atoms with Crippen molar-refractivity contribution in [1.82, 2.24) is 0 Å². The number of nitrogens with one attached hydrogen (secondary N) is 1. The summed E-state index contributed by atoms with van der Waals surface area (Å²) in [7, 11) is 0. The molecule has 1 fully saturated rings. The fourth-order valence-electron chi connectivity index (χ4n) is 4.69. The Morgan fingerprint density at radius 3 is 2.39 bits per heavy atom. The van der Waals surface area contributed by atoms with Crippen LogP contribution in [0.25, 0.3) is 16.7 Å². The van der Waals surface area contributed by atoms with Crippen LogP contribution in [0.2, 0.25) is 5.02 Å². The minimum Gasteiger partial charge on any atom is -0.451 e. The lowest BCUT2D eigenvalue weighted by Gasteiger charge is -2.30. The first-order valence-corrected chi connectivity index (χ1v) is 14.0. The molecule has 5 heteroatoms. The molecule has 0 radical (unpaired) electrons. The first kappa shape index (κ1) is 29.6. The number of hydrogen-bond acceptors (Lipinski definition) is 3. The molecule has 1 saturated carbocycles. The van der Waals surface area contributed by atoms with E-state index in [4.69, 9.17) is 16.3 Å². The van der Waals surface area contributed by atoms with Crippen molar-refractivity contribution >= 4 is 34.7 Å². The third kappa shape index (κ3) is 7.22. The number of anilines is 1. The van der Waals surface area contributed by atoms with Crippen molar-refractivity contribution in [2.45, 2.75) is 98.5 Å². The maximum atomic E-state index is 12.7. The van der Waals surface area contributed by atoms with E-state index in [0.717, 1.165) is 66.5 Å². The molecule has 0 atom stereocenters. The van der Waals surface area contributed by atoms with Gasteiger partial charge in [0.25, 0.3) is 0 Å². The Bertz CT molecular complexity index is 1070. The summed E-state index contributed by atoms with van der Waals surface area (Å²) >= 11 is 6.70. The lowest BCUT2D eigenvalue weighted by atomic mass is 9.84. The second-order valence-corrected chi connectivity index (χ2v) is 9.36. The normalized spacial score (nSPS) is 15.6. The SMILES string of the molecule is CC.CC.CCCCC(=O)Nc1cccc(-c2cc(C)c(C3=CC4(CCCCC4)OC3=O)cc2Cl)c1. The number of carbonyl (C=O) groups is 2. The summed E-state index contributed by atoms with van der Waals surface area (Å²) in [5.74, 6) is -0.236. The molecule has 1 spiro atoms. The number of hydrogen-bond donors (Lipinski definition) is 1. The van der Waals surface area contributed by atoms with Crippen LogP contribution in [0.1, 0.15) is 97.1 Å². The van der Waals surface area contributed by atoms with Gasteiger partial charge in [0.05, 0.1) is 5.57 Å². The average molecular weight is 512 g/mol. The van der Waals surface area contributed by atoms with Crippen LogP contribution in [0.5, 0.6) is 0 Å². The van der Waals surface area contributed by atoms with Gasteiger partial charge in [0.1, 0.15) is 5.60 Å². The van der Waals surface area contributed by atoms with E-state index in [9.17, 15) is 9.59 Å². The summed E-state index contributed by atoms with van der Waals surface area (Å²) in [6.45, 7) is 12.1. The first-order chi connectivity index (χ1) is 17.4. The summed E-state index contributed by atoms with van der Waals surface area (Å²) in [4.78, 5) is 24.8. The van der Waals surface area contributed by atoms with Gasteiger partial charge in [0.2, 0.25) is 5.91 Å². The third-order valence-corrected chi connectivity index (χ3v) is 6.75.